The smallest absolute Gasteiger partial charge is 0.00670 e. The van der Waals surface area contributed by atoms with Gasteiger partial charge in [-0.3, -0.25) is 0 Å². The van der Waals surface area contributed by atoms with Crippen molar-refractivity contribution in [2.24, 2.45) is 5.92 Å². The normalized spacial score (nSPS) is 18.2. The molecule has 1 heteroatoms. The summed E-state index contributed by atoms with van der Waals surface area (Å²) in [7, 11) is 0. The summed E-state index contributed by atoms with van der Waals surface area (Å²) in [6.45, 7) is 5.85. The van der Waals surface area contributed by atoms with Crippen LogP contribution in [0.3, 0.4) is 0 Å². The van der Waals surface area contributed by atoms with E-state index >= 15 is 0 Å². The molecule has 0 amide bonds. The van der Waals surface area contributed by atoms with Gasteiger partial charge >= 0.3 is 0 Å². The van der Waals surface area contributed by atoms with Crippen molar-refractivity contribution in [2.75, 3.05) is 6.54 Å². The Bertz CT molecular complexity index is 114. The summed E-state index contributed by atoms with van der Waals surface area (Å²) in [6, 6.07) is 0.848. The summed E-state index contributed by atoms with van der Waals surface area (Å²) < 4.78 is 0. The van der Waals surface area contributed by atoms with Crippen LogP contribution in [0.25, 0.3) is 0 Å². The Morgan fingerprint density at radius 3 is 2.36 bits per heavy atom. The van der Waals surface area contributed by atoms with Gasteiger partial charge in [0.15, 0.2) is 0 Å². The SMILES string of the molecule is C.CC(C)CCCNC1CCCCC1. The number of hydrogen-bond acceptors (Lipinski definition) is 1. The average Bonchev–Trinajstić information content (AvgIpc) is 2.14. The largest absolute Gasteiger partial charge is 0.314 e. The predicted molar refractivity (Wildman–Crippen MR) is 65.7 cm³/mol. The molecule has 0 radical (unpaired) electrons. The first-order valence-electron chi connectivity index (χ1n) is 6.02. The molecule has 0 aromatic rings. The van der Waals surface area contributed by atoms with Gasteiger partial charge in [-0.1, -0.05) is 40.5 Å². The van der Waals surface area contributed by atoms with Gasteiger partial charge in [0, 0.05) is 6.04 Å². The second-order valence-electron chi connectivity index (χ2n) is 4.83. The van der Waals surface area contributed by atoms with E-state index in [0.717, 1.165) is 12.0 Å². The molecule has 14 heavy (non-hydrogen) atoms. The Morgan fingerprint density at radius 2 is 1.79 bits per heavy atom. The second kappa shape index (κ2) is 8.28. The van der Waals surface area contributed by atoms with Crippen molar-refractivity contribution in [3.8, 4) is 0 Å². The van der Waals surface area contributed by atoms with Gasteiger partial charge in [0.05, 0.1) is 0 Å². The van der Waals surface area contributed by atoms with Crippen LogP contribution in [0.15, 0.2) is 0 Å². The molecule has 1 aliphatic carbocycles. The molecule has 1 aliphatic rings. The molecule has 1 N–H and O–H groups in total. The minimum Gasteiger partial charge on any atom is -0.314 e. The first-order valence-corrected chi connectivity index (χ1v) is 6.02. The molecule has 1 rings (SSSR count). The Morgan fingerprint density at radius 1 is 1.14 bits per heavy atom. The van der Waals surface area contributed by atoms with Gasteiger partial charge in [-0.2, -0.15) is 0 Å². The van der Waals surface area contributed by atoms with E-state index < -0.39 is 0 Å². The van der Waals surface area contributed by atoms with Gasteiger partial charge < -0.3 is 5.32 Å². The fourth-order valence-electron chi connectivity index (χ4n) is 2.12. The zero-order valence-electron chi connectivity index (χ0n) is 9.31. The van der Waals surface area contributed by atoms with Crippen LogP contribution in [-0.4, -0.2) is 12.6 Å². The van der Waals surface area contributed by atoms with Crippen LogP contribution in [0.4, 0.5) is 0 Å². The van der Waals surface area contributed by atoms with Gasteiger partial charge in [0.2, 0.25) is 0 Å². The zero-order chi connectivity index (χ0) is 9.52. The highest BCUT2D eigenvalue weighted by atomic mass is 14.9. The maximum atomic E-state index is 3.68. The van der Waals surface area contributed by atoms with Crippen molar-refractivity contribution < 1.29 is 0 Å². The zero-order valence-corrected chi connectivity index (χ0v) is 9.31. The Labute approximate surface area is 90.7 Å². The Hall–Kier alpha value is -0.0400. The molecule has 86 valence electrons. The summed E-state index contributed by atoms with van der Waals surface area (Å²) in [6.07, 6.45) is 9.92. The van der Waals surface area contributed by atoms with Gasteiger partial charge in [0.1, 0.15) is 0 Å². The summed E-state index contributed by atoms with van der Waals surface area (Å²) in [4.78, 5) is 0. The lowest BCUT2D eigenvalue weighted by Crippen LogP contribution is -2.31. The third-order valence-corrected chi connectivity index (χ3v) is 3.00. The molecule has 0 atom stereocenters. The Kier molecular flexibility index (Phi) is 8.26. The lowest BCUT2D eigenvalue weighted by Gasteiger charge is -2.22. The standard InChI is InChI=1S/C12H25N.CH4/c1-11(2)7-6-10-13-12-8-4-3-5-9-12;/h11-13H,3-10H2,1-2H3;1H4. The fourth-order valence-corrected chi connectivity index (χ4v) is 2.12. The van der Waals surface area contributed by atoms with Crippen LogP contribution in [0.1, 0.15) is 66.2 Å². The van der Waals surface area contributed by atoms with E-state index in [1.54, 1.807) is 0 Å². The topological polar surface area (TPSA) is 12.0 Å². The van der Waals surface area contributed by atoms with Gasteiger partial charge in [-0.15, -0.1) is 0 Å². The molecule has 1 fully saturated rings. The highest BCUT2D eigenvalue weighted by Crippen LogP contribution is 2.17. The molecule has 0 aromatic carbocycles. The third-order valence-electron chi connectivity index (χ3n) is 3.00. The molecule has 0 unspecified atom stereocenters. The predicted octanol–water partition coefficient (Wildman–Crippen LogP) is 3.98. The first kappa shape index (κ1) is 14.0. The van der Waals surface area contributed by atoms with Crippen LogP contribution < -0.4 is 5.32 Å². The number of rotatable bonds is 5. The summed E-state index contributed by atoms with van der Waals surface area (Å²) >= 11 is 0. The fraction of sp³-hybridized carbons (Fsp3) is 1.00. The van der Waals surface area contributed by atoms with Crippen molar-refractivity contribution in [1.29, 1.82) is 0 Å². The van der Waals surface area contributed by atoms with Crippen molar-refractivity contribution in [3.63, 3.8) is 0 Å². The molecular weight excluding hydrogens is 170 g/mol. The molecule has 1 saturated carbocycles. The summed E-state index contributed by atoms with van der Waals surface area (Å²) in [5.41, 5.74) is 0. The van der Waals surface area contributed by atoms with Crippen molar-refractivity contribution in [1.82, 2.24) is 5.32 Å². The quantitative estimate of drug-likeness (QED) is 0.660. The van der Waals surface area contributed by atoms with E-state index in [1.807, 2.05) is 0 Å². The number of hydrogen-bond donors (Lipinski definition) is 1. The molecule has 0 spiro atoms. The van der Waals surface area contributed by atoms with E-state index in [9.17, 15) is 0 Å². The minimum atomic E-state index is 0. The van der Waals surface area contributed by atoms with Crippen LogP contribution >= 0.6 is 0 Å². The van der Waals surface area contributed by atoms with Crippen molar-refractivity contribution in [3.05, 3.63) is 0 Å². The molecule has 0 aromatic heterocycles. The number of nitrogens with one attached hydrogen (secondary N) is 1. The maximum absolute atomic E-state index is 3.68. The maximum Gasteiger partial charge on any atom is 0.00670 e. The monoisotopic (exact) mass is 199 g/mol. The van der Waals surface area contributed by atoms with Gasteiger partial charge in [-0.25, -0.2) is 0 Å². The summed E-state index contributed by atoms with van der Waals surface area (Å²) in [5, 5.41) is 3.68. The molecule has 0 aliphatic heterocycles. The van der Waals surface area contributed by atoms with Gasteiger partial charge in [-0.05, 0) is 38.1 Å². The van der Waals surface area contributed by atoms with Gasteiger partial charge in [0.25, 0.3) is 0 Å². The van der Waals surface area contributed by atoms with Crippen LogP contribution in [0.2, 0.25) is 0 Å². The van der Waals surface area contributed by atoms with Crippen LogP contribution in [0.5, 0.6) is 0 Å². The molecule has 1 nitrogen and oxygen atoms in total. The van der Waals surface area contributed by atoms with E-state index in [-0.39, 0.29) is 7.43 Å². The van der Waals surface area contributed by atoms with Crippen LogP contribution in [-0.2, 0) is 0 Å². The van der Waals surface area contributed by atoms with Crippen LogP contribution in [0, 0.1) is 5.92 Å². The van der Waals surface area contributed by atoms with E-state index in [0.29, 0.717) is 0 Å². The minimum absolute atomic E-state index is 0. The van der Waals surface area contributed by atoms with E-state index in [4.69, 9.17) is 0 Å². The highest BCUT2D eigenvalue weighted by molar-refractivity contribution is 4.71. The molecular formula is C13H29N. The first-order chi connectivity index (χ1) is 6.29. The average molecular weight is 199 g/mol. The van der Waals surface area contributed by atoms with Crippen molar-refractivity contribution >= 4 is 0 Å². The van der Waals surface area contributed by atoms with E-state index in [2.05, 4.69) is 19.2 Å². The second-order valence-corrected chi connectivity index (χ2v) is 4.83. The summed E-state index contributed by atoms with van der Waals surface area (Å²) in [5.74, 6) is 0.869. The molecule has 0 bridgehead atoms. The molecule has 0 heterocycles. The Balaban J connectivity index is 0.00000169. The lowest BCUT2D eigenvalue weighted by molar-refractivity contribution is 0.366. The third kappa shape index (κ3) is 6.42. The highest BCUT2D eigenvalue weighted by Gasteiger charge is 2.11. The van der Waals surface area contributed by atoms with E-state index in [1.165, 1.54) is 51.5 Å². The van der Waals surface area contributed by atoms with Crippen molar-refractivity contribution in [2.45, 2.75) is 72.3 Å². The lowest BCUT2D eigenvalue weighted by atomic mass is 9.95. The molecule has 0 saturated heterocycles.